The number of nitrogens with zero attached hydrogens (tertiary/aromatic N) is 2. The molecule has 6 heteroatoms. The summed E-state index contributed by atoms with van der Waals surface area (Å²) in [5.74, 6) is 0.931. The fourth-order valence-electron chi connectivity index (χ4n) is 3.71. The number of sulfonamides is 1. The van der Waals surface area contributed by atoms with Crippen molar-refractivity contribution in [2.24, 2.45) is 0 Å². The lowest BCUT2D eigenvalue weighted by Gasteiger charge is -2.35. The third kappa shape index (κ3) is 3.92. The molecule has 0 spiro atoms. The van der Waals surface area contributed by atoms with Crippen LogP contribution in [0.15, 0.2) is 24.3 Å². The van der Waals surface area contributed by atoms with Gasteiger partial charge in [0.25, 0.3) is 0 Å². The summed E-state index contributed by atoms with van der Waals surface area (Å²) in [4.78, 5) is 2.32. The van der Waals surface area contributed by atoms with E-state index >= 15 is 0 Å². The molecule has 0 aromatic heterocycles. The maximum absolute atomic E-state index is 12.7. The number of benzene rings is 1. The number of hydrogen-bond donors (Lipinski definition) is 0. The Labute approximate surface area is 145 Å². The summed E-state index contributed by atoms with van der Waals surface area (Å²) in [6, 6.07) is 8.10. The predicted octanol–water partition coefficient (Wildman–Crippen LogP) is 2.48. The molecule has 0 amide bonds. The third-order valence-electron chi connectivity index (χ3n) is 5.08. The van der Waals surface area contributed by atoms with Crippen LogP contribution in [0.2, 0.25) is 0 Å². The van der Waals surface area contributed by atoms with Gasteiger partial charge < -0.3 is 4.74 Å². The first-order valence-electron chi connectivity index (χ1n) is 9.03. The Bertz CT molecular complexity index is 633. The lowest BCUT2D eigenvalue weighted by Crippen LogP contribution is -2.50. The molecular formula is C18H28N2O3S. The van der Waals surface area contributed by atoms with Gasteiger partial charge in [0, 0.05) is 38.3 Å². The van der Waals surface area contributed by atoms with Gasteiger partial charge in [-0.2, -0.15) is 4.31 Å². The van der Waals surface area contributed by atoms with E-state index in [1.807, 2.05) is 25.1 Å². The van der Waals surface area contributed by atoms with Crippen molar-refractivity contribution < 1.29 is 13.2 Å². The number of ether oxygens (including phenoxy) is 1. The molecule has 1 heterocycles. The average molecular weight is 353 g/mol. The first-order chi connectivity index (χ1) is 11.6. The van der Waals surface area contributed by atoms with Crippen molar-refractivity contribution in [1.29, 1.82) is 0 Å². The topological polar surface area (TPSA) is 49.9 Å². The van der Waals surface area contributed by atoms with Gasteiger partial charge in [0.2, 0.25) is 10.0 Å². The molecule has 1 saturated carbocycles. The van der Waals surface area contributed by atoms with Crippen molar-refractivity contribution in [3.8, 4) is 5.75 Å². The Balaban J connectivity index is 1.57. The molecule has 1 aromatic carbocycles. The van der Waals surface area contributed by atoms with E-state index in [0.717, 1.165) is 51.1 Å². The summed E-state index contributed by atoms with van der Waals surface area (Å²) in [7, 11) is -3.09. The zero-order valence-corrected chi connectivity index (χ0v) is 15.3. The summed E-state index contributed by atoms with van der Waals surface area (Å²) in [5, 5.41) is -0.136. The second-order valence-corrected chi connectivity index (χ2v) is 8.88. The SMILES string of the molecule is CCOc1ccccc1CN1CCN(S(=O)(=O)C2CCCC2)CC1. The van der Waals surface area contributed by atoms with E-state index in [-0.39, 0.29) is 5.25 Å². The number of para-hydroxylation sites is 1. The lowest BCUT2D eigenvalue weighted by molar-refractivity contribution is 0.178. The van der Waals surface area contributed by atoms with Crippen molar-refractivity contribution in [2.75, 3.05) is 32.8 Å². The van der Waals surface area contributed by atoms with Crippen molar-refractivity contribution >= 4 is 10.0 Å². The molecule has 2 fully saturated rings. The van der Waals surface area contributed by atoms with Crippen LogP contribution < -0.4 is 4.74 Å². The van der Waals surface area contributed by atoms with Crippen LogP contribution in [0, 0.1) is 0 Å². The average Bonchev–Trinajstić information content (AvgIpc) is 3.13. The smallest absolute Gasteiger partial charge is 0.217 e. The van der Waals surface area contributed by atoms with Gasteiger partial charge in [0.1, 0.15) is 5.75 Å². The van der Waals surface area contributed by atoms with Crippen molar-refractivity contribution in [3.05, 3.63) is 29.8 Å². The van der Waals surface area contributed by atoms with Gasteiger partial charge in [-0.05, 0) is 25.8 Å². The highest BCUT2D eigenvalue weighted by Gasteiger charge is 2.35. The van der Waals surface area contributed by atoms with E-state index in [0.29, 0.717) is 19.7 Å². The molecule has 0 radical (unpaired) electrons. The highest BCUT2D eigenvalue weighted by molar-refractivity contribution is 7.89. The number of piperazine rings is 1. The Morgan fingerprint density at radius 3 is 2.42 bits per heavy atom. The molecule has 1 saturated heterocycles. The predicted molar refractivity (Wildman–Crippen MR) is 95.6 cm³/mol. The van der Waals surface area contributed by atoms with Crippen LogP contribution >= 0.6 is 0 Å². The van der Waals surface area contributed by atoms with E-state index in [2.05, 4.69) is 11.0 Å². The van der Waals surface area contributed by atoms with E-state index in [1.165, 1.54) is 5.56 Å². The highest BCUT2D eigenvalue weighted by atomic mass is 32.2. The quantitative estimate of drug-likeness (QED) is 0.789. The minimum absolute atomic E-state index is 0.136. The van der Waals surface area contributed by atoms with Crippen LogP contribution in [0.1, 0.15) is 38.2 Å². The molecule has 0 unspecified atom stereocenters. The van der Waals surface area contributed by atoms with Crippen molar-refractivity contribution in [3.63, 3.8) is 0 Å². The maximum Gasteiger partial charge on any atom is 0.217 e. The molecule has 134 valence electrons. The van der Waals surface area contributed by atoms with E-state index in [1.54, 1.807) is 4.31 Å². The van der Waals surface area contributed by atoms with Crippen molar-refractivity contribution in [1.82, 2.24) is 9.21 Å². The normalized spacial score (nSPS) is 21.2. The fourth-order valence-corrected chi connectivity index (χ4v) is 5.73. The minimum Gasteiger partial charge on any atom is -0.494 e. The Kier molecular flexibility index (Phi) is 5.79. The molecule has 2 aliphatic rings. The van der Waals surface area contributed by atoms with Crippen LogP contribution in [0.3, 0.4) is 0 Å². The first-order valence-corrected chi connectivity index (χ1v) is 10.5. The van der Waals surface area contributed by atoms with Gasteiger partial charge in [0.05, 0.1) is 11.9 Å². The van der Waals surface area contributed by atoms with Gasteiger partial charge >= 0.3 is 0 Å². The standard InChI is InChI=1S/C18H28N2O3S/c1-2-23-18-10-6-3-7-16(18)15-19-11-13-20(14-12-19)24(21,22)17-8-4-5-9-17/h3,6-7,10,17H,2,4-5,8-9,11-15H2,1H3. The molecule has 0 N–H and O–H groups in total. The molecule has 1 aromatic rings. The summed E-state index contributed by atoms with van der Waals surface area (Å²) in [5.41, 5.74) is 1.17. The number of rotatable bonds is 6. The van der Waals surface area contributed by atoms with Gasteiger partial charge in [-0.25, -0.2) is 8.42 Å². The van der Waals surface area contributed by atoms with Crippen LogP contribution in [0.5, 0.6) is 5.75 Å². The monoisotopic (exact) mass is 352 g/mol. The molecule has 0 bridgehead atoms. The van der Waals surface area contributed by atoms with Gasteiger partial charge in [-0.15, -0.1) is 0 Å². The maximum atomic E-state index is 12.7. The van der Waals surface area contributed by atoms with E-state index in [9.17, 15) is 8.42 Å². The van der Waals surface area contributed by atoms with E-state index in [4.69, 9.17) is 4.74 Å². The molecule has 1 aliphatic heterocycles. The molecule has 5 nitrogen and oxygen atoms in total. The summed E-state index contributed by atoms with van der Waals surface area (Å²) in [6.07, 6.45) is 3.78. The van der Waals surface area contributed by atoms with Crippen LogP contribution in [0.4, 0.5) is 0 Å². The van der Waals surface area contributed by atoms with Gasteiger partial charge in [0.15, 0.2) is 0 Å². The minimum atomic E-state index is -3.09. The first kappa shape index (κ1) is 17.7. The lowest BCUT2D eigenvalue weighted by atomic mass is 10.2. The van der Waals surface area contributed by atoms with Crippen molar-refractivity contribution in [2.45, 2.75) is 44.4 Å². The highest BCUT2D eigenvalue weighted by Crippen LogP contribution is 2.28. The summed E-state index contributed by atoms with van der Waals surface area (Å²) >= 11 is 0. The fraction of sp³-hybridized carbons (Fsp3) is 0.667. The second-order valence-electron chi connectivity index (χ2n) is 6.67. The third-order valence-corrected chi connectivity index (χ3v) is 7.48. The van der Waals surface area contributed by atoms with Crippen LogP contribution in [-0.4, -0.2) is 55.7 Å². The number of hydrogen-bond acceptors (Lipinski definition) is 4. The molecule has 24 heavy (non-hydrogen) atoms. The largest absolute Gasteiger partial charge is 0.494 e. The molecular weight excluding hydrogens is 324 g/mol. The molecule has 3 rings (SSSR count). The zero-order chi connectivity index (χ0) is 17.0. The summed E-state index contributed by atoms with van der Waals surface area (Å²) in [6.45, 7) is 6.24. The van der Waals surface area contributed by atoms with Gasteiger partial charge in [-0.3, -0.25) is 4.90 Å². The molecule has 1 aliphatic carbocycles. The Morgan fingerprint density at radius 2 is 1.75 bits per heavy atom. The Morgan fingerprint density at radius 1 is 1.08 bits per heavy atom. The second kappa shape index (κ2) is 7.85. The zero-order valence-electron chi connectivity index (χ0n) is 14.5. The summed E-state index contributed by atoms with van der Waals surface area (Å²) < 4.78 is 32.8. The molecule has 0 atom stereocenters. The Hall–Kier alpha value is -1.11. The van der Waals surface area contributed by atoms with Gasteiger partial charge in [-0.1, -0.05) is 31.0 Å². The van der Waals surface area contributed by atoms with E-state index < -0.39 is 10.0 Å². The van der Waals surface area contributed by atoms with Crippen LogP contribution in [-0.2, 0) is 16.6 Å². The van der Waals surface area contributed by atoms with Crippen LogP contribution in [0.25, 0.3) is 0 Å².